The summed E-state index contributed by atoms with van der Waals surface area (Å²) in [5.74, 6) is 0. The van der Waals surface area contributed by atoms with E-state index in [1.54, 1.807) is 5.56 Å². The van der Waals surface area contributed by atoms with Crippen molar-refractivity contribution in [3.05, 3.63) is 29.3 Å². The highest BCUT2D eigenvalue weighted by Gasteiger charge is 2.17. The minimum Gasteiger partial charge on any atom is -0.371 e. The Morgan fingerprint density at radius 3 is 3.00 bits per heavy atom. The maximum Gasteiger partial charge on any atom is 0.0428 e. The van der Waals surface area contributed by atoms with Gasteiger partial charge in [0.2, 0.25) is 0 Å². The van der Waals surface area contributed by atoms with Crippen LogP contribution in [0, 0.1) is 6.92 Å². The summed E-state index contributed by atoms with van der Waals surface area (Å²) in [5, 5.41) is 0. The molecule has 1 heterocycles. The molecule has 1 aliphatic rings. The fraction of sp³-hybridized carbons (Fsp3) is 0.571. The van der Waals surface area contributed by atoms with Crippen LogP contribution in [0.2, 0.25) is 0 Å². The first-order valence-electron chi connectivity index (χ1n) is 6.16. The van der Waals surface area contributed by atoms with Crippen LogP contribution in [0.15, 0.2) is 18.2 Å². The summed E-state index contributed by atoms with van der Waals surface area (Å²) in [7, 11) is 0. The molecule has 82 valence electrons. The van der Waals surface area contributed by atoms with Crippen LogP contribution < -0.4 is 4.90 Å². The van der Waals surface area contributed by atoms with Gasteiger partial charge in [-0.05, 0) is 37.3 Å². The zero-order chi connectivity index (χ0) is 10.7. The predicted molar refractivity (Wildman–Crippen MR) is 66.6 cm³/mol. The highest BCUT2D eigenvalue weighted by atomic mass is 15.1. The van der Waals surface area contributed by atoms with Crippen LogP contribution in [-0.4, -0.2) is 13.1 Å². The van der Waals surface area contributed by atoms with Gasteiger partial charge in [0.15, 0.2) is 0 Å². The lowest BCUT2D eigenvalue weighted by molar-refractivity contribution is 0.656. The maximum atomic E-state index is 2.58. The maximum absolute atomic E-state index is 2.58. The molecule has 2 rings (SSSR count). The van der Waals surface area contributed by atoms with E-state index in [1.807, 2.05) is 0 Å². The number of aryl methyl sites for hydroxylation is 2. The first-order valence-corrected chi connectivity index (χ1v) is 6.16. The molecule has 0 bridgehead atoms. The van der Waals surface area contributed by atoms with Crippen molar-refractivity contribution in [3.63, 3.8) is 0 Å². The molecule has 0 amide bonds. The van der Waals surface area contributed by atoms with Gasteiger partial charge in [-0.2, -0.15) is 0 Å². The van der Waals surface area contributed by atoms with Gasteiger partial charge < -0.3 is 4.90 Å². The van der Waals surface area contributed by atoms with Crippen molar-refractivity contribution in [2.45, 2.75) is 39.5 Å². The van der Waals surface area contributed by atoms with E-state index in [4.69, 9.17) is 0 Å². The quantitative estimate of drug-likeness (QED) is 0.726. The molecular formula is C14H21N. The second-order valence-electron chi connectivity index (χ2n) is 4.53. The molecule has 1 aliphatic heterocycles. The molecule has 1 nitrogen and oxygen atoms in total. The Morgan fingerprint density at radius 2 is 2.20 bits per heavy atom. The van der Waals surface area contributed by atoms with Crippen molar-refractivity contribution in [3.8, 4) is 0 Å². The van der Waals surface area contributed by atoms with E-state index in [-0.39, 0.29) is 0 Å². The molecule has 0 radical (unpaired) electrons. The van der Waals surface area contributed by atoms with Crippen LogP contribution in [0.5, 0.6) is 0 Å². The molecule has 1 aromatic rings. The van der Waals surface area contributed by atoms with Crippen LogP contribution in [-0.2, 0) is 6.42 Å². The zero-order valence-electron chi connectivity index (χ0n) is 9.92. The number of hydrogen-bond acceptors (Lipinski definition) is 1. The van der Waals surface area contributed by atoms with Gasteiger partial charge in [0.25, 0.3) is 0 Å². The summed E-state index contributed by atoms with van der Waals surface area (Å²) in [4.78, 5) is 2.58. The third kappa shape index (κ3) is 2.17. The van der Waals surface area contributed by atoms with Gasteiger partial charge in [0.1, 0.15) is 0 Å². The van der Waals surface area contributed by atoms with Crippen LogP contribution in [0.25, 0.3) is 0 Å². The number of para-hydroxylation sites is 1. The van der Waals surface area contributed by atoms with E-state index in [9.17, 15) is 0 Å². The summed E-state index contributed by atoms with van der Waals surface area (Å²) in [5.41, 5.74) is 4.53. The molecule has 15 heavy (non-hydrogen) atoms. The molecular weight excluding hydrogens is 182 g/mol. The lowest BCUT2D eigenvalue weighted by Gasteiger charge is -2.32. The van der Waals surface area contributed by atoms with Crippen molar-refractivity contribution in [2.75, 3.05) is 18.0 Å². The van der Waals surface area contributed by atoms with Crippen LogP contribution >= 0.6 is 0 Å². The average Bonchev–Trinajstić information content (AvgIpc) is 2.26. The molecule has 0 spiro atoms. The molecule has 0 aliphatic carbocycles. The highest BCUT2D eigenvalue weighted by molar-refractivity contribution is 5.60. The minimum absolute atomic E-state index is 1.23. The Morgan fingerprint density at radius 1 is 1.33 bits per heavy atom. The Kier molecular flexibility index (Phi) is 3.30. The molecule has 0 atom stereocenters. The fourth-order valence-corrected chi connectivity index (χ4v) is 2.52. The van der Waals surface area contributed by atoms with Gasteiger partial charge in [-0.1, -0.05) is 31.5 Å². The number of fused-ring (bicyclic) bond motifs is 1. The van der Waals surface area contributed by atoms with Crippen LogP contribution in [0.3, 0.4) is 0 Å². The van der Waals surface area contributed by atoms with E-state index in [2.05, 4.69) is 36.9 Å². The molecule has 0 saturated heterocycles. The van der Waals surface area contributed by atoms with Gasteiger partial charge >= 0.3 is 0 Å². The predicted octanol–water partition coefficient (Wildman–Crippen LogP) is 3.55. The van der Waals surface area contributed by atoms with Crippen LogP contribution in [0.1, 0.15) is 37.3 Å². The van der Waals surface area contributed by atoms with E-state index in [0.717, 1.165) is 0 Å². The molecule has 1 heteroatoms. The molecule has 0 aromatic heterocycles. The lowest BCUT2D eigenvalue weighted by atomic mass is 9.98. The van der Waals surface area contributed by atoms with Crippen molar-refractivity contribution in [1.29, 1.82) is 0 Å². The highest BCUT2D eigenvalue weighted by Crippen LogP contribution is 2.30. The Balaban J connectivity index is 2.24. The standard InChI is InChI=1S/C14H21N/c1-3-4-10-15-11-6-9-13-8-5-7-12(2)14(13)15/h5,7-8H,3-4,6,9-11H2,1-2H3. The third-order valence-corrected chi connectivity index (χ3v) is 3.29. The van der Waals surface area contributed by atoms with E-state index in [1.165, 1.54) is 50.0 Å². The molecule has 0 fully saturated rings. The van der Waals surface area contributed by atoms with Gasteiger partial charge in [0, 0.05) is 18.8 Å². The van der Waals surface area contributed by atoms with E-state index >= 15 is 0 Å². The second-order valence-corrected chi connectivity index (χ2v) is 4.53. The van der Waals surface area contributed by atoms with Crippen molar-refractivity contribution < 1.29 is 0 Å². The number of rotatable bonds is 3. The SMILES string of the molecule is CCCCN1CCCc2cccc(C)c21. The third-order valence-electron chi connectivity index (χ3n) is 3.29. The first kappa shape index (κ1) is 10.5. The smallest absolute Gasteiger partial charge is 0.0428 e. The van der Waals surface area contributed by atoms with E-state index in [0.29, 0.717) is 0 Å². The summed E-state index contributed by atoms with van der Waals surface area (Å²) < 4.78 is 0. The van der Waals surface area contributed by atoms with E-state index < -0.39 is 0 Å². The van der Waals surface area contributed by atoms with Gasteiger partial charge in [0.05, 0.1) is 0 Å². The summed E-state index contributed by atoms with van der Waals surface area (Å²) in [6.07, 6.45) is 5.19. The number of anilines is 1. The topological polar surface area (TPSA) is 3.24 Å². The van der Waals surface area contributed by atoms with Gasteiger partial charge in [-0.25, -0.2) is 0 Å². The summed E-state index contributed by atoms with van der Waals surface area (Å²) >= 11 is 0. The fourth-order valence-electron chi connectivity index (χ4n) is 2.52. The molecule has 0 N–H and O–H groups in total. The van der Waals surface area contributed by atoms with Gasteiger partial charge in [-0.15, -0.1) is 0 Å². The van der Waals surface area contributed by atoms with Crippen molar-refractivity contribution in [1.82, 2.24) is 0 Å². The van der Waals surface area contributed by atoms with Crippen LogP contribution in [0.4, 0.5) is 5.69 Å². The number of unbranched alkanes of at least 4 members (excludes halogenated alkanes) is 1. The Bertz CT molecular complexity index is 330. The Labute approximate surface area is 93.1 Å². The Hall–Kier alpha value is -0.980. The molecule has 1 aromatic carbocycles. The van der Waals surface area contributed by atoms with Crippen molar-refractivity contribution in [2.24, 2.45) is 0 Å². The largest absolute Gasteiger partial charge is 0.371 e. The lowest BCUT2D eigenvalue weighted by Crippen LogP contribution is -2.30. The molecule has 0 unspecified atom stereocenters. The second kappa shape index (κ2) is 4.69. The summed E-state index contributed by atoms with van der Waals surface area (Å²) in [6, 6.07) is 6.72. The normalized spacial score (nSPS) is 15.2. The minimum atomic E-state index is 1.23. The molecule has 0 saturated carbocycles. The first-order chi connectivity index (χ1) is 7.33. The van der Waals surface area contributed by atoms with Crippen molar-refractivity contribution >= 4 is 5.69 Å². The monoisotopic (exact) mass is 203 g/mol. The summed E-state index contributed by atoms with van der Waals surface area (Å²) in [6.45, 7) is 6.98. The number of hydrogen-bond donors (Lipinski definition) is 0. The number of nitrogens with zero attached hydrogens (tertiary/aromatic N) is 1. The average molecular weight is 203 g/mol. The zero-order valence-corrected chi connectivity index (χ0v) is 9.92. The number of benzene rings is 1. The van der Waals surface area contributed by atoms with Gasteiger partial charge in [-0.3, -0.25) is 0 Å².